The van der Waals surface area contributed by atoms with Gasteiger partial charge in [-0.2, -0.15) is 4.31 Å². The van der Waals surface area contributed by atoms with Gasteiger partial charge in [0.15, 0.2) is 5.75 Å². The van der Waals surface area contributed by atoms with Crippen molar-refractivity contribution in [1.82, 2.24) is 4.31 Å². The van der Waals surface area contributed by atoms with Gasteiger partial charge in [-0.25, -0.2) is 8.42 Å². The maximum Gasteiger partial charge on any atom is 0.311 e. The predicted molar refractivity (Wildman–Crippen MR) is 128 cm³/mol. The molecule has 0 unspecified atom stereocenters. The minimum atomic E-state index is -3.53. The maximum absolute atomic E-state index is 12.8. The lowest BCUT2D eigenvalue weighted by atomic mass is 10.2. The van der Waals surface area contributed by atoms with Crippen molar-refractivity contribution in [2.24, 2.45) is 0 Å². The van der Waals surface area contributed by atoms with E-state index in [9.17, 15) is 23.3 Å². The van der Waals surface area contributed by atoms with Gasteiger partial charge in [-0.1, -0.05) is 18.9 Å². The highest BCUT2D eigenvalue weighted by molar-refractivity contribution is 7.99. The van der Waals surface area contributed by atoms with Crippen LogP contribution in [0.4, 0.5) is 11.4 Å². The lowest BCUT2D eigenvalue weighted by Gasteiger charge is -2.20. The van der Waals surface area contributed by atoms with Crippen molar-refractivity contribution in [3.05, 3.63) is 58.1 Å². The number of carbonyl (C=O) groups excluding carboxylic acids is 1. The average Bonchev–Trinajstić information content (AvgIpc) is 3.09. The Bertz CT molecular complexity index is 1080. The summed E-state index contributed by atoms with van der Waals surface area (Å²) in [6.07, 6.45) is 3.83. The van der Waals surface area contributed by atoms with Gasteiger partial charge in [-0.3, -0.25) is 14.9 Å². The fourth-order valence-electron chi connectivity index (χ4n) is 3.57. The van der Waals surface area contributed by atoms with E-state index < -0.39 is 14.9 Å². The summed E-state index contributed by atoms with van der Waals surface area (Å²) >= 11 is 1.32. The summed E-state index contributed by atoms with van der Waals surface area (Å²) in [7, 11) is -2.16. The van der Waals surface area contributed by atoms with Gasteiger partial charge in [0.25, 0.3) is 0 Å². The van der Waals surface area contributed by atoms with E-state index in [1.165, 1.54) is 47.4 Å². The summed E-state index contributed by atoms with van der Waals surface area (Å²) in [6.45, 7) is 1.07. The largest absolute Gasteiger partial charge is 0.490 e. The van der Waals surface area contributed by atoms with Crippen LogP contribution in [0.2, 0.25) is 0 Å². The molecule has 1 aliphatic rings. The second kappa shape index (κ2) is 11.5. The Morgan fingerprint density at radius 1 is 1.12 bits per heavy atom. The van der Waals surface area contributed by atoms with E-state index in [4.69, 9.17) is 4.74 Å². The number of anilines is 1. The topological polar surface area (TPSA) is 119 Å². The van der Waals surface area contributed by atoms with Crippen molar-refractivity contribution in [2.45, 2.75) is 36.3 Å². The van der Waals surface area contributed by atoms with Gasteiger partial charge in [0, 0.05) is 30.6 Å². The summed E-state index contributed by atoms with van der Waals surface area (Å²) < 4.78 is 32.2. The number of hydrogen-bond acceptors (Lipinski definition) is 7. The summed E-state index contributed by atoms with van der Waals surface area (Å²) in [5.41, 5.74) is 1.11. The highest BCUT2D eigenvalue weighted by Crippen LogP contribution is 2.29. The van der Waals surface area contributed by atoms with Crippen LogP contribution >= 0.6 is 11.8 Å². The number of amides is 1. The number of thioether (sulfide) groups is 1. The van der Waals surface area contributed by atoms with E-state index in [1.807, 2.05) is 0 Å². The SMILES string of the molecule is COc1ccc(CSCC(=O)Nc2ccc(S(=O)(=O)N3CCCCCC3)cc2)cc1[N+](=O)[O-]. The first-order chi connectivity index (χ1) is 15.8. The molecule has 1 N–H and O–H groups in total. The number of nitrogens with zero attached hydrogens (tertiary/aromatic N) is 2. The Morgan fingerprint density at radius 2 is 1.79 bits per heavy atom. The van der Waals surface area contributed by atoms with Crippen molar-refractivity contribution in [1.29, 1.82) is 0 Å². The number of nitro benzene ring substituents is 1. The van der Waals surface area contributed by atoms with E-state index in [2.05, 4.69) is 5.32 Å². The van der Waals surface area contributed by atoms with Crippen LogP contribution in [-0.2, 0) is 20.6 Å². The second-order valence-electron chi connectivity index (χ2n) is 7.65. The summed E-state index contributed by atoms with van der Waals surface area (Å²) in [4.78, 5) is 23.1. The Morgan fingerprint density at radius 3 is 2.39 bits per heavy atom. The van der Waals surface area contributed by atoms with E-state index >= 15 is 0 Å². The Kier molecular flexibility index (Phi) is 8.70. The Labute approximate surface area is 197 Å². The molecule has 11 heteroatoms. The van der Waals surface area contributed by atoms with Gasteiger partial charge in [-0.05, 0) is 48.7 Å². The van der Waals surface area contributed by atoms with Crippen LogP contribution in [-0.4, -0.2) is 49.5 Å². The second-order valence-corrected chi connectivity index (χ2v) is 10.6. The quantitative estimate of drug-likeness (QED) is 0.414. The lowest BCUT2D eigenvalue weighted by molar-refractivity contribution is -0.385. The molecule has 1 saturated heterocycles. The van der Waals surface area contributed by atoms with Crippen LogP contribution in [0, 0.1) is 10.1 Å². The molecule has 33 heavy (non-hydrogen) atoms. The number of nitrogens with one attached hydrogen (secondary N) is 1. The molecule has 0 aliphatic carbocycles. The third-order valence-corrected chi connectivity index (χ3v) is 8.20. The van der Waals surface area contributed by atoms with E-state index in [1.54, 1.807) is 18.2 Å². The van der Waals surface area contributed by atoms with Gasteiger partial charge in [0.1, 0.15) is 0 Å². The van der Waals surface area contributed by atoms with Gasteiger partial charge in [0.05, 0.1) is 22.7 Å². The molecule has 0 saturated carbocycles. The monoisotopic (exact) mass is 493 g/mol. The molecule has 0 aromatic heterocycles. The third-order valence-electron chi connectivity index (χ3n) is 5.28. The van der Waals surface area contributed by atoms with Crippen LogP contribution in [0.3, 0.4) is 0 Å². The first kappa shape index (κ1) is 25.0. The number of hydrogen-bond donors (Lipinski definition) is 1. The molecule has 1 aliphatic heterocycles. The van der Waals surface area contributed by atoms with Crippen molar-refractivity contribution < 1.29 is 22.9 Å². The Balaban J connectivity index is 1.53. The van der Waals surface area contributed by atoms with Crippen LogP contribution in [0.5, 0.6) is 5.75 Å². The fourth-order valence-corrected chi connectivity index (χ4v) is 5.86. The third kappa shape index (κ3) is 6.68. The van der Waals surface area contributed by atoms with Gasteiger partial charge in [0.2, 0.25) is 15.9 Å². The molecule has 0 radical (unpaired) electrons. The van der Waals surface area contributed by atoms with Gasteiger partial charge < -0.3 is 10.1 Å². The molecule has 0 bridgehead atoms. The number of ether oxygens (including phenoxy) is 1. The zero-order chi connectivity index (χ0) is 23.8. The van der Waals surface area contributed by atoms with Crippen molar-refractivity contribution >= 4 is 39.1 Å². The fraction of sp³-hybridized carbons (Fsp3) is 0.409. The van der Waals surface area contributed by atoms with E-state index in [-0.39, 0.29) is 28.0 Å². The molecule has 9 nitrogen and oxygen atoms in total. The molecule has 1 fully saturated rings. The van der Waals surface area contributed by atoms with Gasteiger partial charge in [-0.15, -0.1) is 11.8 Å². The van der Waals surface area contributed by atoms with Crippen molar-refractivity contribution in [3.63, 3.8) is 0 Å². The number of methoxy groups -OCH3 is 1. The van der Waals surface area contributed by atoms with Crippen molar-refractivity contribution in [3.8, 4) is 5.75 Å². The molecule has 1 amide bonds. The highest BCUT2D eigenvalue weighted by atomic mass is 32.2. The Hall–Kier alpha value is -2.63. The molecule has 2 aromatic rings. The highest BCUT2D eigenvalue weighted by Gasteiger charge is 2.25. The minimum absolute atomic E-state index is 0.115. The van der Waals surface area contributed by atoms with Crippen molar-refractivity contribution in [2.75, 3.05) is 31.3 Å². The molecule has 3 rings (SSSR count). The molecule has 0 spiro atoms. The lowest BCUT2D eigenvalue weighted by Crippen LogP contribution is -2.31. The van der Waals surface area contributed by atoms with Crippen LogP contribution in [0.15, 0.2) is 47.4 Å². The molecule has 0 atom stereocenters. The number of carbonyl (C=O) groups is 1. The number of rotatable bonds is 9. The van der Waals surface area contributed by atoms with Gasteiger partial charge >= 0.3 is 5.69 Å². The smallest absolute Gasteiger partial charge is 0.311 e. The predicted octanol–water partition coefficient (Wildman–Crippen LogP) is 4.04. The maximum atomic E-state index is 12.8. The normalized spacial score (nSPS) is 14.9. The first-order valence-corrected chi connectivity index (χ1v) is 13.2. The molecule has 2 aromatic carbocycles. The molecule has 178 valence electrons. The standard InChI is InChI=1S/C22H27N3O6S2/c1-31-21-11-6-17(14-20(21)25(27)28)15-32-16-22(26)23-18-7-9-19(10-8-18)33(29,30)24-12-4-2-3-5-13-24/h6-11,14H,2-5,12-13,15-16H2,1H3,(H,23,26). The molecule has 1 heterocycles. The zero-order valence-electron chi connectivity index (χ0n) is 18.4. The number of nitro groups is 1. The van der Waals surface area contributed by atoms with E-state index in [0.29, 0.717) is 30.1 Å². The first-order valence-electron chi connectivity index (χ1n) is 10.6. The summed E-state index contributed by atoms with van der Waals surface area (Å²) in [5, 5.41) is 13.9. The molecular formula is C22H27N3O6S2. The summed E-state index contributed by atoms with van der Waals surface area (Å²) in [5.74, 6) is 0.512. The summed E-state index contributed by atoms with van der Waals surface area (Å²) in [6, 6.07) is 10.9. The number of sulfonamides is 1. The zero-order valence-corrected chi connectivity index (χ0v) is 20.0. The number of benzene rings is 2. The minimum Gasteiger partial charge on any atom is -0.490 e. The van der Waals surface area contributed by atoms with Crippen LogP contribution < -0.4 is 10.1 Å². The van der Waals surface area contributed by atoms with Crippen LogP contribution in [0.1, 0.15) is 31.2 Å². The van der Waals surface area contributed by atoms with E-state index in [0.717, 1.165) is 25.7 Å². The van der Waals surface area contributed by atoms with Crippen LogP contribution in [0.25, 0.3) is 0 Å². The molecular weight excluding hydrogens is 466 g/mol. The average molecular weight is 494 g/mol.